The number of rotatable bonds is 7. The Morgan fingerprint density at radius 3 is 2.15 bits per heavy atom. The van der Waals surface area contributed by atoms with E-state index in [4.69, 9.17) is 0 Å². The topological polar surface area (TPSA) is 0 Å². The van der Waals surface area contributed by atoms with Crippen LogP contribution in [0.25, 0.3) is 0 Å². The van der Waals surface area contributed by atoms with Gasteiger partial charge in [0.1, 0.15) is 0 Å². The Labute approximate surface area is 126 Å². The van der Waals surface area contributed by atoms with Crippen molar-refractivity contribution in [3.8, 4) is 0 Å². The summed E-state index contributed by atoms with van der Waals surface area (Å²) in [4.78, 5) is 0. The molecule has 0 radical (unpaired) electrons. The van der Waals surface area contributed by atoms with Crippen LogP contribution >= 0.6 is 16.5 Å². The summed E-state index contributed by atoms with van der Waals surface area (Å²) >= 11 is 0. The molecule has 20 heavy (non-hydrogen) atoms. The van der Waals surface area contributed by atoms with Crippen LogP contribution in [0.15, 0.2) is 48.5 Å². The lowest BCUT2D eigenvalue weighted by atomic mass is 10.1. The Morgan fingerprint density at radius 1 is 0.800 bits per heavy atom. The highest BCUT2D eigenvalue weighted by Gasteiger charge is 2.10. The van der Waals surface area contributed by atoms with Gasteiger partial charge in [0.25, 0.3) is 0 Å². The number of benzene rings is 2. The SMILES string of the molecule is CCCc1ccccc1P[PH2+]c1ccccc1CCC. The van der Waals surface area contributed by atoms with Crippen molar-refractivity contribution in [1.82, 2.24) is 0 Å². The first-order chi connectivity index (χ1) is 9.85. The van der Waals surface area contributed by atoms with Gasteiger partial charge >= 0.3 is 0 Å². The Bertz CT molecular complexity index is 485. The summed E-state index contributed by atoms with van der Waals surface area (Å²) in [6.45, 7) is 4.54. The highest BCUT2D eigenvalue weighted by molar-refractivity contribution is 8.18. The molecule has 0 aliphatic carbocycles. The molecule has 0 aromatic heterocycles. The predicted molar refractivity (Wildman–Crippen MR) is 98.2 cm³/mol. The van der Waals surface area contributed by atoms with Gasteiger partial charge in [-0.25, -0.2) is 0 Å². The molecule has 2 heteroatoms. The highest BCUT2D eigenvalue weighted by Crippen LogP contribution is 2.37. The van der Waals surface area contributed by atoms with E-state index in [2.05, 4.69) is 62.4 Å². The second-order valence-corrected chi connectivity index (χ2v) is 8.61. The number of aryl methyl sites for hydroxylation is 2. The Kier molecular flexibility index (Phi) is 6.71. The van der Waals surface area contributed by atoms with Gasteiger partial charge in [0.2, 0.25) is 0 Å². The Morgan fingerprint density at radius 2 is 1.40 bits per heavy atom. The Hall–Kier alpha value is -0.700. The van der Waals surface area contributed by atoms with Gasteiger partial charge in [0.15, 0.2) is 0 Å². The monoisotopic (exact) mass is 303 g/mol. The van der Waals surface area contributed by atoms with Crippen LogP contribution < -0.4 is 10.6 Å². The largest absolute Gasteiger partial charge is 0.0946 e. The maximum Gasteiger partial charge on any atom is 0.0946 e. The van der Waals surface area contributed by atoms with Gasteiger partial charge in [0.05, 0.1) is 13.6 Å². The van der Waals surface area contributed by atoms with E-state index >= 15 is 0 Å². The standard InChI is InChI=1S/C18H24P2/c1-3-9-15-11-5-7-13-17(15)19-20-18-14-8-6-12-16(18)10-4-2/h5-8,11-14,19-20H,3-4,9-10H2,1-2H3/p+1. The molecule has 0 saturated carbocycles. The normalized spacial score (nSPS) is 11.9. The molecular weight excluding hydrogens is 278 g/mol. The molecular formula is C18H25P2+. The Balaban J connectivity index is 2.09. The van der Waals surface area contributed by atoms with Crippen LogP contribution in [0.2, 0.25) is 0 Å². The van der Waals surface area contributed by atoms with E-state index in [-0.39, 0.29) is 0 Å². The van der Waals surface area contributed by atoms with Crippen molar-refractivity contribution in [3.63, 3.8) is 0 Å². The van der Waals surface area contributed by atoms with Crippen LogP contribution in [0.5, 0.6) is 0 Å². The van der Waals surface area contributed by atoms with Gasteiger partial charge in [-0.15, -0.1) is 0 Å². The lowest BCUT2D eigenvalue weighted by Gasteiger charge is -2.07. The zero-order chi connectivity index (χ0) is 14.2. The van der Waals surface area contributed by atoms with Crippen molar-refractivity contribution in [2.45, 2.75) is 39.5 Å². The first-order valence-corrected chi connectivity index (χ1v) is 11.0. The van der Waals surface area contributed by atoms with Crippen LogP contribution in [0, 0.1) is 0 Å². The van der Waals surface area contributed by atoms with Crippen molar-refractivity contribution >= 4 is 27.1 Å². The molecule has 2 aromatic rings. The zero-order valence-electron chi connectivity index (χ0n) is 12.5. The number of hydrogen-bond donors (Lipinski definition) is 0. The third kappa shape index (κ3) is 4.41. The smallest absolute Gasteiger partial charge is 0.0651 e. The third-order valence-electron chi connectivity index (χ3n) is 3.49. The summed E-state index contributed by atoms with van der Waals surface area (Å²) in [6, 6.07) is 18.1. The van der Waals surface area contributed by atoms with Gasteiger partial charge in [-0.05, 0) is 30.0 Å². The summed E-state index contributed by atoms with van der Waals surface area (Å²) in [5.41, 5.74) is 3.14. The minimum absolute atomic E-state index is 0.375. The molecule has 0 N–H and O–H groups in total. The molecule has 2 atom stereocenters. The molecule has 0 aliphatic rings. The maximum atomic E-state index is 2.34. The van der Waals surface area contributed by atoms with Gasteiger partial charge in [-0.2, -0.15) is 0 Å². The van der Waals surface area contributed by atoms with E-state index in [1.54, 1.807) is 21.7 Å². The summed E-state index contributed by atoms with van der Waals surface area (Å²) in [7, 11) is 1.35. The van der Waals surface area contributed by atoms with Crippen LogP contribution in [0.4, 0.5) is 0 Å². The third-order valence-corrected chi connectivity index (χ3v) is 7.61. The van der Waals surface area contributed by atoms with Crippen LogP contribution in [0.3, 0.4) is 0 Å². The van der Waals surface area contributed by atoms with Gasteiger partial charge in [-0.1, -0.05) is 69.2 Å². The average molecular weight is 303 g/mol. The molecule has 2 aromatic carbocycles. The molecule has 0 heterocycles. The van der Waals surface area contributed by atoms with E-state index in [0.29, 0.717) is 8.27 Å². The fourth-order valence-electron chi connectivity index (χ4n) is 2.48. The molecule has 0 aliphatic heterocycles. The number of hydrogen-bond acceptors (Lipinski definition) is 0. The van der Waals surface area contributed by atoms with Crippen LogP contribution in [0.1, 0.15) is 37.8 Å². The van der Waals surface area contributed by atoms with Crippen LogP contribution in [-0.4, -0.2) is 0 Å². The van der Waals surface area contributed by atoms with E-state index in [1.807, 2.05) is 0 Å². The second-order valence-electron chi connectivity index (χ2n) is 5.14. The van der Waals surface area contributed by atoms with Crippen LogP contribution in [-0.2, 0) is 12.8 Å². The minimum atomic E-state index is 0.375. The molecule has 0 saturated heterocycles. The van der Waals surface area contributed by atoms with Crippen molar-refractivity contribution in [3.05, 3.63) is 59.7 Å². The summed E-state index contributed by atoms with van der Waals surface area (Å²) < 4.78 is 0. The van der Waals surface area contributed by atoms with Crippen molar-refractivity contribution < 1.29 is 0 Å². The van der Waals surface area contributed by atoms with Gasteiger partial charge < -0.3 is 0 Å². The van der Waals surface area contributed by atoms with Gasteiger partial charge in [-0.3, -0.25) is 0 Å². The predicted octanol–water partition coefficient (Wildman–Crippen LogP) is 4.55. The summed E-state index contributed by atoms with van der Waals surface area (Å²) in [5, 5.41) is 3.22. The first kappa shape index (κ1) is 15.7. The molecule has 2 unspecified atom stereocenters. The first-order valence-electron chi connectivity index (χ1n) is 7.60. The lowest BCUT2D eigenvalue weighted by Crippen LogP contribution is -2.05. The molecule has 0 bridgehead atoms. The molecule has 0 spiro atoms. The minimum Gasteiger partial charge on any atom is -0.0651 e. The summed E-state index contributed by atoms with van der Waals surface area (Å²) in [6.07, 6.45) is 4.93. The maximum absolute atomic E-state index is 2.34. The fourth-order valence-corrected chi connectivity index (χ4v) is 6.63. The van der Waals surface area contributed by atoms with E-state index in [0.717, 1.165) is 8.27 Å². The summed E-state index contributed by atoms with van der Waals surface area (Å²) in [5.74, 6) is 0. The molecule has 2 rings (SSSR count). The second kappa shape index (κ2) is 8.56. The fraction of sp³-hybridized carbons (Fsp3) is 0.333. The molecule has 106 valence electrons. The van der Waals surface area contributed by atoms with Gasteiger partial charge in [0, 0.05) is 13.6 Å². The zero-order valence-corrected chi connectivity index (χ0v) is 14.7. The molecule has 0 fully saturated rings. The quantitative estimate of drug-likeness (QED) is 0.658. The lowest BCUT2D eigenvalue weighted by molar-refractivity contribution is 0.927. The molecule has 0 amide bonds. The van der Waals surface area contributed by atoms with E-state index in [1.165, 1.54) is 25.7 Å². The van der Waals surface area contributed by atoms with Crippen molar-refractivity contribution in [1.29, 1.82) is 0 Å². The highest BCUT2D eigenvalue weighted by atomic mass is 32.0. The van der Waals surface area contributed by atoms with Crippen molar-refractivity contribution in [2.75, 3.05) is 0 Å². The molecule has 0 nitrogen and oxygen atoms in total. The van der Waals surface area contributed by atoms with E-state index in [9.17, 15) is 0 Å². The van der Waals surface area contributed by atoms with Crippen molar-refractivity contribution in [2.24, 2.45) is 0 Å². The average Bonchev–Trinajstić information content (AvgIpc) is 2.48. The van der Waals surface area contributed by atoms with E-state index < -0.39 is 0 Å².